The number of benzene rings is 1. The monoisotopic (exact) mass is 251 g/mol. The lowest BCUT2D eigenvalue weighted by molar-refractivity contribution is 0.414. The average Bonchev–Trinajstić information content (AvgIpc) is 2.48. The summed E-state index contributed by atoms with van der Waals surface area (Å²) in [6.07, 6.45) is 9.61. The minimum absolute atomic E-state index is 0.903. The van der Waals surface area contributed by atoms with E-state index < -0.39 is 0 Å². The maximum Gasteiger partial charge on any atom is 0.119 e. The lowest BCUT2D eigenvalue weighted by atomic mass is 9.88. The molecule has 1 aromatic heterocycles. The second kappa shape index (κ2) is 5.27. The first-order chi connectivity index (χ1) is 9.36. The van der Waals surface area contributed by atoms with Crippen LogP contribution in [0.2, 0.25) is 0 Å². The quantitative estimate of drug-likeness (QED) is 0.805. The SMILES string of the molecule is COc1cccc(/C=C2\CCCc3cnccc32)c1. The maximum atomic E-state index is 5.27. The fourth-order valence-electron chi connectivity index (χ4n) is 2.63. The van der Waals surface area contributed by atoms with Crippen molar-refractivity contribution in [2.75, 3.05) is 7.11 Å². The van der Waals surface area contributed by atoms with E-state index in [9.17, 15) is 0 Å². The molecule has 2 nitrogen and oxygen atoms in total. The molecule has 0 saturated carbocycles. The van der Waals surface area contributed by atoms with Crippen molar-refractivity contribution < 1.29 is 4.74 Å². The minimum atomic E-state index is 0.903. The number of ether oxygens (including phenoxy) is 1. The molecule has 96 valence electrons. The number of aromatic nitrogens is 1. The van der Waals surface area contributed by atoms with E-state index in [1.165, 1.54) is 28.7 Å². The van der Waals surface area contributed by atoms with Gasteiger partial charge in [0, 0.05) is 12.4 Å². The van der Waals surface area contributed by atoms with Gasteiger partial charge in [-0.25, -0.2) is 0 Å². The van der Waals surface area contributed by atoms with E-state index >= 15 is 0 Å². The molecule has 0 radical (unpaired) electrons. The number of pyridine rings is 1. The normalized spacial score (nSPS) is 16.2. The van der Waals surface area contributed by atoms with Crippen LogP contribution in [0, 0.1) is 0 Å². The topological polar surface area (TPSA) is 22.1 Å². The highest BCUT2D eigenvalue weighted by atomic mass is 16.5. The number of methoxy groups -OCH3 is 1. The zero-order chi connectivity index (χ0) is 13.1. The molecular formula is C17H17NO. The number of rotatable bonds is 2. The van der Waals surface area contributed by atoms with Crippen LogP contribution in [0.1, 0.15) is 29.5 Å². The zero-order valence-corrected chi connectivity index (χ0v) is 11.1. The molecule has 0 aliphatic heterocycles. The number of hydrogen-bond donors (Lipinski definition) is 0. The highest BCUT2D eigenvalue weighted by Crippen LogP contribution is 2.31. The van der Waals surface area contributed by atoms with Gasteiger partial charge >= 0.3 is 0 Å². The Morgan fingerprint density at radius 3 is 3.05 bits per heavy atom. The molecule has 0 N–H and O–H groups in total. The van der Waals surface area contributed by atoms with Crippen molar-refractivity contribution in [1.29, 1.82) is 0 Å². The van der Waals surface area contributed by atoms with Crippen molar-refractivity contribution in [2.24, 2.45) is 0 Å². The predicted octanol–water partition coefficient (Wildman–Crippen LogP) is 3.97. The van der Waals surface area contributed by atoms with Crippen molar-refractivity contribution in [1.82, 2.24) is 4.98 Å². The van der Waals surface area contributed by atoms with Crippen LogP contribution in [-0.2, 0) is 6.42 Å². The van der Waals surface area contributed by atoms with Crippen molar-refractivity contribution in [3.8, 4) is 5.75 Å². The van der Waals surface area contributed by atoms with Gasteiger partial charge in [-0.15, -0.1) is 0 Å². The molecule has 0 amide bonds. The summed E-state index contributed by atoms with van der Waals surface area (Å²) in [7, 11) is 1.70. The van der Waals surface area contributed by atoms with E-state index in [0.717, 1.165) is 18.6 Å². The highest BCUT2D eigenvalue weighted by molar-refractivity contribution is 5.83. The number of allylic oxidation sites excluding steroid dienone is 1. The highest BCUT2D eigenvalue weighted by Gasteiger charge is 2.13. The zero-order valence-electron chi connectivity index (χ0n) is 11.1. The fourth-order valence-corrected chi connectivity index (χ4v) is 2.63. The molecule has 1 aliphatic carbocycles. The van der Waals surface area contributed by atoms with Crippen LogP contribution in [0.3, 0.4) is 0 Å². The van der Waals surface area contributed by atoms with Gasteiger partial charge in [0.15, 0.2) is 0 Å². The molecule has 1 aliphatic rings. The second-order valence-corrected chi connectivity index (χ2v) is 4.83. The van der Waals surface area contributed by atoms with Gasteiger partial charge in [0.1, 0.15) is 5.75 Å². The summed E-state index contributed by atoms with van der Waals surface area (Å²) in [5.41, 5.74) is 5.31. The molecule has 1 heterocycles. The number of nitrogens with zero attached hydrogens (tertiary/aromatic N) is 1. The van der Waals surface area contributed by atoms with Gasteiger partial charge in [-0.2, -0.15) is 0 Å². The third kappa shape index (κ3) is 2.53. The van der Waals surface area contributed by atoms with Gasteiger partial charge < -0.3 is 4.74 Å². The average molecular weight is 251 g/mol. The third-order valence-corrected chi connectivity index (χ3v) is 3.58. The lowest BCUT2D eigenvalue weighted by Gasteiger charge is -2.18. The Morgan fingerprint density at radius 1 is 1.21 bits per heavy atom. The fraction of sp³-hybridized carbons (Fsp3) is 0.235. The van der Waals surface area contributed by atoms with Crippen LogP contribution in [0.5, 0.6) is 5.75 Å². The van der Waals surface area contributed by atoms with Gasteiger partial charge in [0.05, 0.1) is 7.11 Å². The molecule has 3 rings (SSSR count). The van der Waals surface area contributed by atoms with Crippen LogP contribution in [0.25, 0.3) is 11.6 Å². The Hall–Kier alpha value is -2.09. The largest absolute Gasteiger partial charge is 0.497 e. The van der Waals surface area contributed by atoms with E-state index in [1.807, 2.05) is 24.5 Å². The van der Waals surface area contributed by atoms with Crippen LogP contribution >= 0.6 is 0 Å². The Bertz CT molecular complexity index is 616. The molecule has 0 atom stereocenters. The number of aryl methyl sites for hydroxylation is 1. The summed E-state index contributed by atoms with van der Waals surface area (Å²) >= 11 is 0. The van der Waals surface area contributed by atoms with Gasteiger partial charge in [0.2, 0.25) is 0 Å². The smallest absolute Gasteiger partial charge is 0.119 e. The molecule has 0 spiro atoms. The van der Waals surface area contributed by atoms with Crippen molar-refractivity contribution in [3.05, 3.63) is 59.4 Å². The molecule has 2 heteroatoms. The van der Waals surface area contributed by atoms with Crippen molar-refractivity contribution >= 4 is 11.6 Å². The van der Waals surface area contributed by atoms with E-state index in [-0.39, 0.29) is 0 Å². The van der Waals surface area contributed by atoms with Gasteiger partial charge in [-0.05, 0) is 59.7 Å². The van der Waals surface area contributed by atoms with Crippen molar-refractivity contribution in [2.45, 2.75) is 19.3 Å². The number of hydrogen-bond acceptors (Lipinski definition) is 2. The summed E-state index contributed by atoms with van der Waals surface area (Å²) in [6.45, 7) is 0. The summed E-state index contributed by atoms with van der Waals surface area (Å²) < 4.78 is 5.27. The number of fused-ring (bicyclic) bond motifs is 1. The summed E-state index contributed by atoms with van der Waals surface area (Å²) in [6, 6.07) is 10.3. The van der Waals surface area contributed by atoms with E-state index in [0.29, 0.717) is 0 Å². The van der Waals surface area contributed by atoms with Gasteiger partial charge in [-0.3, -0.25) is 4.98 Å². The molecule has 19 heavy (non-hydrogen) atoms. The van der Waals surface area contributed by atoms with Gasteiger partial charge in [-0.1, -0.05) is 18.2 Å². The first-order valence-electron chi connectivity index (χ1n) is 6.65. The standard InChI is InChI=1S/C17H17NO/c1-19-16-7-2-4-13(11-16)10-14-5-3-6-15-12-18-9-8-17(14)15/h2,4,7-12H,3,5-6H2,1H3/b14-10+. The lowest BCUT2D eigenvalue weighted by Crippen LogP contribution is -2.02. The minimum Gasteiger partial charge on any atom is -0.497 e. The molecule has 0 saturated heterocycles. The Balaban J connectivity index is 2.00. The van der Waals surface area contributed by atoms with E-state index in [4.69, 9.17) is 4.74 Å². The molecule has 1 aromatic carbocycles. The Morgan fingerprint density at radius 2 is 2.16 bits per heavy atom. The Labute approximate surface area is 113 Å². The molecule has 0 unspecified atom stereocenters. The first-order valence-corrected chi connectivity index (χ1v) is 6.65. The molecule has 0 fully saturated rings. The van der Waals surface area contributed by atoms with Gasteiger partial charge in [0.25, 0.3) is 0 Å². The first kappa shape index (κ1) is 12.0. The third-order valence-electron chi connectivity index (χ3n) is 3.58. The maximum absolute atomic E-state index is 5.27. The second-order valence-electron chi connectivity index (χ2n) is 4.83. The van der Waals surface area contributed by atoms with Crippen molar-refractivity contribution in [3.63, 3.8) is 0 Å². The predicted molar refractivity (Wildman–Crippen MR) is 78.0 cm³/mol. The van der Waals surface area contributed by atoms with E-state index in [1.54, 1.807) is 7.11 Å². The molecule has 2 aromatic rings. The van der Waals surface area contributed by atoms with Crippen LogP contribution in [0.4, 0.5) is 0 Å². The molecular weight excluding hydrogens is 234 g/mol. The van der Waals surface area contributed by atoms with Crippen LogP contribution < -0.4 is 4.74 Å². The summed E-state index contributed by atoms with van der Waals surface area (Å²) in [4.78, 5) is 4.22. The Kier molecular flexibility index (Phi) is 3.32. The summed E-state index contributed by atoms with van der Waals surface area (Å²) in [5, 5.41) is 0. The van der Waals surface area contributed by atoms with Crippen LogP contribution in [-0.4, -0.2) is 12.1 Å². The molecule has 0 bridgehead atoms. The summed E-state index contributed by atoms with van der Waals surface area (Å²) in [5.74, 6) is 0.903. The van der Waals surface area contributed by atoms with E-state index in [2.05, 4.69) is 29.3 Å². The van der Waals surface area contributed by atoms with Crippen LogP contribution in [0.15, 0.2) is 42.7 Å².